The Kier molecular flexibility index (Phi) is 4.93. The summed E-state index contributed by atoms with van der Waals surface area (Å²) in [7, 11) is 0. The Morgan fingerprint density at radius 1 is 1.00 bits per heavy atom. The van der Waals surface area contributed by atoms with Crippen molar-refractivity contribution in [1.82, 2.24) is 4.98 Å². The Balaban J connectivity index is 1.83. The van der Waals surface area contributed by atoms with Crippen molar-refractivity contribution in [2.75, 3.05) is 5.75 Å². The van der Waals surface area contributed by atoms with Gasteiger partial charge in [0.1, 0.15) is 5.01 Å². The van der Waals surface area contributed by atoms with Gasteiger partial charge in [0.2, 0.25) is 0 Å². The van der Waals surface area contributed by atoms with Crippen molar-refractivity contribution < 1.29 is 0 Å². The molecule has 0 fully saturated rings. The fourth-order valence-electron chi connectivity index (χ4n) is 2.21. The van der Waals surface area contributed by atoms with Crippen LogP contribution in [-0.2, 0) is 6.54 Å². The lowest BCUT2D eigenvalue weighted by Gasteiger charge is -2.01. The Hall–Kier alpha value is -1.62. The SMILES string of the molecule is CCSc1ccc(-c2csc(-c3ccc(CN)cc3)n2)cc1. The van der Waals surface area contributed by atoms with Crippen LogP contribution < -0.4 is 5.73 Å². The highest BCUT2D eigenvalue weighted by atomic mass is 32.2. The predicted molar refractivity (Wildman–Crippen MR) is 97.3 cm³/mol. The highest BCUT2D eigenvalue weighted by Gasteiger charge is 2.07. The van der Waals surface area contributed by atoms with E-state index in [-0.39, 0.29) is 0 Å². The molecule has 0 saturated heterocycles. The van der Waals surface area contributed by atoms with Gasteiger partial charge in [-0.1, -0.05) is 43.3 Å². The first-order valence-corrected chi connectivity index (χ1v) is 9.15. The van der Waals surface area contributed by atoms with E-state index in [0.717, 1.165) is 27.6 Å². The molecule has 3 rings (SSSR count). The normalized spacial score (nSPS) is 10.8. The standard InChI is InChI=1S/C18H18N2S2/c1-2-21-16-9-7-14(8-10-16)17-12-22-18(20-17)15-5-3-13(11-19)4-6-15/h3-10,12H,2,11,19H2,1H3. The number of hydrogen-bond donors (Lipinski definition) is 1. The molecule has 0 unspecified atom stereocenters. The van der Waals surface area contributed by atoms with Crippen LogP contribution in [0.4, 0.5) is 0 Å². The topological polar surface area (TPSA) is 38.9 Å². The van der Waals surface area contributed by atoms with Gasteiger partial charge in [0, 0.05) is 27.9 Å². The fourth-order valence-corrected chi connectivity index (χ4v) is 3.71. The molecule has 0 spiro atoms. The van der Waals surface area contributed by atoms with Crippen LogP contribution in [0.1, 0.15) is 12.5 Å². The zero-order valence-electron chi connectivity index (χ0n) is 12.5. The van der Waals surface area contributed by atoms with E-state index in [2.05, 4.69) is 60.8 Å². The summed E-state index contributed by atoms with van der Waals surface area (Å²) in [6.45, 7) is 2.74. The number of nitrogens with two attached hydrogens (primary N) is 1. The first-order chi connectivity index (χ1) is 10.8. The van der Waals surface area contributed by atoms with Gasteiger partial charge in [-0.25, -0.2) is 4.98 Å². The van der Waals surface area contributed by atoms with Crippen LogP contribution in [0.2, 0.25) is 0 Å². The number of benzene rings is 2. The molecule has 0 saturated carbocycles. The molecular formula is C18H18N2S2. The molecule has 0 aliphatic heterocycles. The van der Waals surface area contributed by atoms with Gasteiger partial charge in [-0.3, -0.25) is 0 Å². The van der Waals surface area contributed by atoms with E-state index in [1.54, 1.807) is 11.3 Å². The molecule has 0 radical (unpaired) electrons. The number of rotatable bonds is 5. The molecule has 2 aromatic carbocycles. The van der Waals surface area contributed by atoms with Gasteiger partial charge in [-0.2, -0.15) is 0 Å². The van der Waals surface area contributed by atoms with Crippen LogP contribution >= 0.6 is 23.1 Å². The second kappa shape index (κ2) is 7.09. The molecule has 2 N–H and O–H groups in total. The molecule has 0 aliphatic carbocycles. The smallest absolute Gasteiger partial charge is 0.124 e. The summed E-state index contributed by atoms with van der Waals surface area (Å²) in [5.41, 5.74) is 10.1. The van der Waals surface area contributed by atoms with Crippen LogP contribution in [0.15, 0.2) is 58.8 Å². The summed E-state index contributed by atoms with van der Waals surface area (Å²) in [6, 6.07) is 16.9. The quantitative estimate of drug-likeness (QED) is 0.667. The second-order valence-electron chi connectivity index (χ2n) is 4.90. The van der Waals surface area contributed by atoms with Crippen LogP contribution in [0, 0.1) is 0 Å². The number of nitrogens with zero attached hydrogens (tertiary/aromatic N) is 1. The van der Waals surface area contributed by atoms with Gasteiger partial charge in [0.25, 0.3) is 0 Å². The predicted octanol–water partition coefficient (Wildman–Crippen LogP) is 5.05. The zero-order chi connectivity index (χ0) is 15.4. The van der Waals surface area contributed by atoms with E-state index < -0.39 is 0 Å². The lowest BCUT2D eigenvalue weighted by molar-refractivity contribution is 1.07. The van der Waals surface area contributed by atoms with Gasteiger partial charge in [0.15, 0.2) is 0 Å². The summed E-state index contributed by atoms with van der Waals surface area (Å²) in [4.78, 5) is 6.07. The highest BCUT2D eigenvalue weighted by Crippen LogP contribution is 2.30. The number of thiazole rings is 1. The molecule has 0 atom stereocenters. The third-order valence-electron chi connectivity index (χ3n) is 3.40. The first-order valence-electron chi connectivity index (χ1n) is 7.28. The molecule has 1 aromatic heterocycles. The summed E-state index contributed by atoms with van der Waals surface area (Å²) in [5.74, 6) is 1.10. The average molecular weight is 326 g/mol. The lowest BCUT2D eigenvalue weighted by atomic mass is 10.1. The van der Waals surface area contributed by atoms with Crippen molar-refractivity contribution in [3.63, 3.8) is 0 Å². The minimum Gasteiger partial charge on any atom is -0.326 e. The minimum atomic E-state index is 0.575. The Bertz CT molecular complexity index is 731. The monoisotopic (exact) mass is 326 g/mol. The van der Waals surface area contributed by atoms with Crippen molar-refractivity contribution in [3.05, 3.63) is 59.5 Å². The fraction of sp³-hybridized carbons (Fsp3) is 0.167. The van der Waals surface area contributed by atoms with Gasteiger partial charge in [-0.05, 0) is 23.4 Å². The van der Waals surface area contributed by atoms with E-state index in [1.165, 1.54) is 10.5 Å². The molecule has 1 heterocycles. The summed E-state index contributed by atoms with van der Waals surface area (Å²) < 4.78 is 0. The summed E-state index contributed by atoms with van der Waals surface area (Å²) in [5, 5.41) is 3.17. The van der Waals surface area contributed by atoms with Crippen molar-refractivity contribution >= 4 is 23.1 Å². The van der Waals surface area contributed by atoms with Crippen molar-refractivity contribution in [1.29, 1.82) is 0 Å². The summed E-state index contributed by atoms with van der Waals surface area (Å²) in [6.07, 6.45) is 0. The van der Waals surface area contributed by atoms with Crippen LogP contribution in [0.25, 0.3) is 21.8 Å². The maximum atomic E-state index is 5.64. The number of hydrogen-bond acceptors (Lipinski definition) is 4. The maximum absolute atomic E-state index is 5.64. The van der Waals surface area contributed by atoms with E-state index >= 15 is 0 Å². The van der Waals surface area contributed by atoms with Crippen LogP contribution in [0.5, 0.6) is 0 Å². The average Bonchev–Trinajstić information content (AvgIpc) is 3.06. The van der Waals surface area contributed by atoms with Crippen molar-refractivity contribution in [2.24, 2.45) is 5.73 Å². The van der Waals surface area contributed by atoms with Crippen molar-refractivity contribution in [3.8, 4) is 21.8 Å². The van der Waals surface area contributed by atoms with E-state index in [1.807, 2.05) is 11.8 Å². The third-order valence-corrected chi connectivity index (χ3v) is 5.19. The second-order valence-corrected chi connectivity index (χ2v) is 7.09. The molecule has 3 aromatic rings. The number of aromatic nitrogens is 1. The molecule has 0 amide bonds. The van der Waals surface area contributed by atoms with Crippen LogP contribution in [-0.4, -0.2) is 10.7 Å². The Morgan fingerprint density at radius 2 is 1.68 bits per heavy atom. The first kappa shape index (κ1) is 15.3. The zero-order valence-corrected chi connectivity index (χ0v) is 14.1. The molecule has 4 heteroatoms. The van der Waals surface area contributed by atoms with Gasteiger partial charge in [0.05, 0.1) is 5.69 Å². The molecule has 112 valence electrons. The van der Waals surface area contributed by atoms with Gasteiger partial charge in [-0.15, -0.1) is 23.1 Å². The van der Waals surface area contributed by atoms with E-state index in [9.17, 15) is 0 Å². The maximum Gasteiger partial charge on any atom is 0.124 e. The molecule has 2 nitrogen and oxygen atoms in total. The molecule has 0 aliphatic rings. The lowest BCUT2D eigenvalue weighted by Crippen LogP contribution is -1.95. The minimum absolute atomic E-state index is 0.575. The van der Waals surface area contributed by atoms with E-state index in [0.29, 0.717) is 6.54 Å². The van der Waals surface area contributed by atoms with Crippen molar-refractivity contribution in [2.45, 2.75) is 18.4 Å². The van der Waals surface area contributed by atoms with E-state index in [4.69, 9.17) is 10.7 Å². The number of thioether (sulfide) groups is 1. The Morgan fingerprint density at radius 3 is 2.32 bits per heavy atom. The Labute approximate surface area is 139 Å². The molecule has 0 bridgehead atoms. The van der Waals surface area contributed by atoms with Gasteiger partial charge >= 0.3 is 0 Å². The highest BCUT2D eigenvalue weighted by molar-refractivity contribution is 7.99. The molecular weight excluding hydrogens is 308 g/mol. The molecule has 22 heavy (non-hydrogen) atoms. The summed E-state index contributed by atoms with van der Waals surface area (Å²) >= 11 is 3.53. The van der Waals surface area contributed by atoms with Crippen LogP contribution in [0.3, 0.4) is 0 Å². The largest absolute Gasteiger partial charge is 0.326 e. The third kappa shape index (κ3) is 3.40. The van der Waals surface area contributed by atoms with Gasteiger partial charge < -0.3 is 5.73 Å².